The third-order valence-electron chi connectivity index (χ3n) is 6.97. The van der Waals surface area contributed by atoms with Gasteiger partial charge in [0.1, 0.15) is 0 Å². The first-order valence-corrected chi connectivity index (χ1v) is 15.4. The van der Waals surface area contributed by atoms with Gasteiger partial charge in [0.15, 0.2) is 6.29 Å². The number of benzene rings is 4. The summed E-state index contributed by atoms with van der Waals surface area (Å²) in [6.07, 6.45) is -0.296. The molecule has 3 nitrogen and oxygen atoms in total. The highest BCUT2D eigenvalue weighted by Gasteiger charge is 2.50. The fourth-order valence-corrected chi connectivity index (χ4v) is 10.3. The van der Waals surface area contributed by atoms with Crippen LogP contribution in [0.4, 0.5) is 0 Å². The van der Waals surface area contributed by atoms with Gasteiger partial charge in [-0.25, -0.2) is 0 Å². The molecule has 5 heteroatoms. The maximum absolute atomic E-state index is 7.10. The van der Waals surface area contributed by atoms with E-state index in [0.717, 1.165) is 26.7 Å². The normalized spacial score (nSPS) is 14.7. The van der Waals surface area contributed by atoms with Gasteiger partial charge in [0.25, 0.3) is 8.32 Å². The molecule has 190 valence electrons. The minimum absolute atomic E-state index is 0.0489. The molecule has 0 spiro atoms. The van der Waals surface area contributed by atoms with Gasteiger partial charge in [-0.3, -0.25) is 0 Å². The van der Waals surface area contributed by atoms with Crippen molar-refractivity contribution in [3.05, 3.63) is 119 Å². The highest BCUT2D eigenvalue weighted by Crippen LogP contribution is 2.37. The highest BCUT2D eigenvalue weighted by atomic mass is 79.9. The molecule has 37 heavy (non-hydrogen) atoms. The molecule has 1 saturated heterocycles. The molecule has 0 N–H and O–H groups in total. The lowest BCUT2D eigenvalue weighted by Gasteiger charge is -2.43. The molecule has 4 aromatic rings. The second-order valence-electron chi connectivity index (χ2n) is 10.5. The SMILES string of the molecule is CC(C)(C)[Si](OCc1ccc(-c2cc(Br)cc(C3OCCO3)c2)cc1)(c1ccccc1)c1ccccc1. The van der Waals surface area contributed by atoms with Crippen LogP contribution in [0.2, 0.25) is 5.04 Å². The van der Waals surface area contributed by atoms with Crippen LogP contribution in [-0.4, -0.2) is 21.5 Å². The largest absolute Gasteiger partial charge is 0.403 e. The summed E-state index contributed by atoms with van der Waals surface area (Å²) < 4.78 is 19.5. The Bertz CT molecular complexity index is 1270. The van der Waals surface area contributed by atoms with Crippen LogP contribution < -0.4 is 10.4 Å². The van der Waals surface area contributed by atoms with Gasteiger partial charge in [-0.15, -0.1) is 0 Å². The first kappa shape index (κ1) is 26.1. The molecule has 0 saturated carbocycles. The number of hydrogen-bond acceptors (Lipinski definition) is 3. The molecular formula is C32H33BrO3Si. The van der Waals surface area contributed by atoms with Crippen LogP contribution in [0.25, 0.3) is 11.1 Å². The second kappa shape index (κ2) is 11.1. The van der Waals surface area contributed by atoms with Crippen molar-refractivity contribution in [2.24, 2.45) is 0 Å². The molecule has 0 bridgehead atoms. The minimum atomic E-state index is -2.57. The van der Waals surface area contributed by atoms with Crippen molar-refractivity contribution in [3.63, 3.8) is 0 Å². The lowest BCUT2D eigenvalue weighted by Crippen LogP contribution is -2.66. The monoisotopic (exact) mass is 572 g/mol. The Morgan fingerprint density at radius 2 is 1.32 bits per heavy atom. The van der Waals surface area contributed by atoms with Gasteiger partial charge in [0.2, 0.25) is 0 Å². The average molecular weight is 574 g/mol. The van der Waals surface area contributed by atoms with E-state index in [4.69, 9.17) is 13.9 Å². The lowest BCUT2D eigenvalue weighted by molar-refractivity contribution is -0.0441. The van der Waals surface area contributed by atoms with Crippen LogP contribution in [-0.2, 0) is 20.5 Å². The van der Waals surface area contributed by atoms with Crippen molar-refractivity contribution in [2.45, 2.75) is 38.7 Å². The zero-order chi connectivity index (χ0) is 25.9. The molecule has 0 atom stereocenters. The smallest absolute Gasteiger partial charge is 0.261 e. The fourth-order valence-electron chi connectivity index (χ4n) is 5.21. The summed E-state index contributed by atoms with van der Waals surface area (Å²) >= 11 is 3.65. The van der Waals surface area contributed by atoms with Gasteiger partial charge in [-0.1, -0.05) is 122 Å². The van der Waals surface area contributed by atoms with Gasteiger partial charge in [-0.2, -0.15) is 0 Å². The van der Waals surface area contributed by atoms with Crippen LogP contribution in [0, 0.1) is 0 Å². The van der Waals surface area contributed by atoms with Crippen molar-refractivity contribution in [1.29, 1.82) is 0 Å². The Labute approximate surface area is 229 Å². The van der Waals surface area contributed by atoms with Crippen LogP contribution in [0.3, 0.4) is 0 Å². The van der Waals surface area contributed by atoms with Crippen LogP contribution in [0.1, 0.15) is 38.2 Å². The summed E-state index contributed by atoms with van der Waals surface area (Å²) in [6.45, 7) is 8.75. The zero-order valence-electron chi connectivity index (χ0n) is 21.6. The van der Waals surface area contributed by atoms with Crippen molar-refractivity contribution in [3.8, 4) is 11.1 Å². The number of hydrogen-bond donors (Lipinski definition) is 0. The molecule has 1 fully saturated rings. The maximum atomic E-state index is 7.10. The van der Waals surface area contributed by atoms with E-state index in [2.05, 4.69) is 140 Å². The van der Waals surface area contributed by atoms with Crippen molar-refractivity contribution < 1.29 is 13.9 Å². The highest BCUT2D eigenvalue weighted by molar-refractivity contribution is 9.10. The Kier molecular flexibility index (Phi) is 7.79. The summed E-state index contributed by atoms with van der Waals surface area (Å²) in [6, 6.07) is 36.6. The molecule has 1 aliphatic rings. The Morgan fingerprint density at radius 3 is 1.86 bits per heavy atom. The Morgan fingerprint density at radius 1 is 0.757 bits per heavy atom. The van der Waals surface area contributed by atoms with Gasteiger partial charge >= 0.3 is 0 Å². The van der Waals surface area contributed by atoms with E-state index < -0.39 is 8.32 Å². The van der Waals surface area contributed by atoms with E-state index in [-0.39, 0.29) is 11.3 Å². The maximum Gasteiger partial charge on any atom is 0.261 e. The van der Waals surface area contributed by atoms with E-state index in [1.807, 2.05) is 0 Å². The molecule has 0 aromatic heterocycles. The van der Waals surface area contributed by atoms with Crippen molar-refractivity contribution >= 4 is 34.6 Å². The van der Waals surface area contributed by atoms with E-state index in [1.54, 1.807) is 0 Å². The standard InChI is InChI=1S/C32H33BrO3Si/c1-32(2,3)37(29-10-6-4-7-11-29,30-12-8-5-9-13-30)36-23-24-14-16-25(17-15-24)26-20-27(22-28(33)21-26)31-34-18-19-35-31/h4-17,20-22,31H,18-19,23H2,1-3H3. The van der Waals surface area contributed by atoms with Crippen LogP contribution >= 0.6 is 15.9 Å². The summed E-state index contributed by atoms with van der Waals surface area (Å²) in [5.74, 6) is 0. The molecule has 5 rings (SSSR count). The number of rotatable bonds is 7. The third kappa shape index (κ3) is 5.52. The van der Waals surface area contributed by atoms with Gasteiger partial charge in [0, 0.05) is 10.0 Å². The van der Waals surface area contributed by atoms with Crippen molar-refractivity contribution in [1.82, 2.24) is 0 Å². The molecule has 4 aromatic carbocycles. The second-order valence-corrected chi connectivity index (χ2v) is 15.7. The summed E-state index contributed by atoms with van der Waals surface area (Å²) in [5, 5.41) is 2.54. The molecule has 0 amide bonds. The molecule has 1 aliphatic heterocycles. The van der Waals surface area contributed by atoms with Crippen molar-refractivity contribution in [2.75, 3.05) is 13.2 Å². The van der Waals surface area contributed by atoms with Crippen LogP contribution in [0.5, 0.6) is 0 Å². The zero-order valence-corrected chi connectivity index (χ0v) is 24.2. The van der Waals surface area contributed by atoms with E-state index in [0.29, 0.717) is 19.8 Å². The Balaban J connectivity index is 1.43. The molecule has 0 unspecified atom stereocenters. The topological polar surface area (TPSA) is 27.7 Å². The first-order chi connectivity index (χ1) is 17.9. The third-order valence-corrected chi connectivity index (χ3v) is 12.4. The summed E-state index contributed by atoms with van der Waals surface area (Å²) in [7, 11) is -2.57. The summed E-state index contributed by atoms with van der Waals surface area (Å²) in [4.78, 5) is 0. The van der Waals surface area contributed by atoms with E-state index >= 15 is 0 Å². The fraction of sp³-hybridized carbons (Fsp3) is 0.250. The number of ether oxygens (including phenoxy) is 2. The molecule has 1 heterocycles. The first-order valence-electron chi connectivity index (χ1n) is 12.7. The molecular weight excluding hydrogens is 540 g/mol. The van der Waals surface area contributed by atoms with Gasteiger partial charge in [-0.05, 0) is 50.3 Å². The average Bonchev–Trinajstić information content (AvgIpc) is 3.45. The quantitative estimate of drug-likeness (QED) is 0.218. The lowest BCUT2D eigenvalue weighted by atomic mass is 10.0. The van der Waals surface area contributed by atoms with Gasteiger partial charge in [0.05, 0.1) is 19.8 Å². The predicted octanol–water partition coefficient (Wildman–Crippen LogP) is 7.24. The summed E-state index contributed by atoms with van der Waals surface area (Å²) in [5.41, 5.74) is 4.47. The predicted molar refractivity (Wildman–Crippen MR) is 157 cm³/mol. The Hall–Kier alpha value is -2.54. The molecule has 0 radical (unpaired) electrons. The molecule has 0 aliphatic carbocycles. The van der Waals surface area contributed by atoms with E-state index in [9.17, 15) is 0 Å². The van der Waals surface area contributed by atoms with Gasteiger partial charge < -0.3 is 13.9 Å². The number of halogens is 1. The van der Waals surface area contributed by atoms with Crippen LogP contribution in [0.15, 0.2) is 108 Å². The van der Waals surface area contributed by atoms with E-state index in [1.165, 1.54) is 10.4 Å². The minimum Gasteiger partial charge on any atom is -0.403 e.